The lowest BCUT2D eigenvalue weighted by Gasteiger charge is -2.21. The van der Waals surface area contributed by atoms with Crippen LogP contribution in [0.3, 0.4) is 0 Å². The van der Waals surface area contributed by atoms with Crippen molar-refractivity contribution in [1.82, 2.24) is 4.90 Å². The van der Waals surface area contributed by atoms with Crippen molar-refractivity contribution >= 4 is 15.9 Å². The SMILES string of the molecule is CCN(CC)CC(Br)Cc1ccccc1. The maximum atomic E-state index is 3.76. The standard InChI is InChI=1S/C13H20BrN/c1-3-15(4-2)11-13(14)10-12-8-6-5-7-9-12/h5-9,13H,3-4,10-11H2,1-2H3. The quantitative estimate of drug-likeness (QED) is 0.717. The average molecular weight is 270 g/mol. The lowest BCUT2D eigenvalue weighted by molar-refractivity contribution is 0.305. The molecule has 84 valence electrons. The fourth-order valence-electron chi connectivity index (χ4n) is 1.70. The van der Waals surface area contributed by atoms with Gasteiger partial charge in [0.05, 0.1) is 0 Å². The van der Waals surface area contributed by atoms with E-state index < -0.39 is 0 Å². The van der Waals surface area contributed by atoms with Gasteiger partial charge in [-0.2, -0.15) is 0 Å². The van der Waals surface area contributed by atoms with Gasteiger partial charge in [-0.1, -0.05) is 60.1 Å². The van der Waals surface area contributed by atoms with E-state index in [0.29, 0.717) is 4.83 Å². The number of hydrogen-bond donors (Lipinski definition) is 0. The fourth-order valence-corrected chi connectivity index (χ4v) is 2.48. The van der Waals surface area contributed by atoms with Crippen LogP contribution in [0.4, 0.5) is 0 Å². The van der Waals surface area contributed by atoms with Crippen LogP contribution in [-0.4, -0.2) is 29.4 Å². The first-order valence-corrected chi connectivity index (χ1v) is 6.58. The van der Waals surface area contributed by atoms with Crippen molar-refractivity contribution in [2.24, 2.45) is 0 Å². The monoisotopic (exact) mass is 269 g/mol. The van der Waals surface area contributed by atoms with Gasteiger partial charge in [0.15, 0.2) is 0 Å². The highest BCUT2D eigenvalue weighted by Crippen LogP contribution is 2.11. The second-order valence-electron chi connectivity index (χ2n) is 3.77. The van der Waals surface area contributed by atoms with Crippen LogP contribution >= 0.6 is 15.9 Å². The minimum atomic E-state index is 0.555. The number of benzene rings is 1. The van der Waals surface area contributed by atoms with Crippen LogP contribution in [0.1, 0.15) is 19.4 Å². The first kappa shape index (κ1) is 12.7. The summed E-state index contributed by atoms with van der Waals surface area (Å²) in [4.78, 5) is 3.00. The third-order valence-corrected chi connectivity index (χ3v) is 3.26. The summed E-state index contributed by atoms with van der Waals surface area (Å²) in [7, 11) is 0. The fraction of sp³-hybridized carbons (Fsp3) is 0.538. The van der Waals surface area contributed by atoms with Gasteiger partial charge in [0.2, 0.25) is 0 Å². The van der Waals surface area contributed by atoms with E-state index in [1.807, 2.05) is 0 Å². The number of halogens is 1. The zero-order valence-electron chi connectivity index (χ0n) is 9.62. The Morgan fingerprint density at radius 3 is 2.27 bits per heavy atom. The van der Waals surface area contributed by atoms with E-state index in [1.165, 1.54) is 5.56 Å². The van der Waals surface area contributed by atoms with E-state index in [-0.39, 0.29) is 0 Å². The molecule has 0 fully saturated rings. The smallest absolute Gasteiger partial charge is 0.0313 e. The molecule has 1 rings (SSSR count). The molecule has 0 heterocycles. The summed E-state index contributed by atoms with van der Waals surface area (Å²) in [5, 5.41) is 0. The Morgan fingerprint density at radius 2 is 1.73 bits per heavy atom. The maximum Gasteiger partial charge on any atom is 0.0313 e. The Bertz CT molecular complexity index is 256. The lowest BCUT2D eigenvalue weighted by Crippen LogP contribution is -2.30. The molecule has 1 unspecified atom stereocenters. The summed E-state index contributed by atoms with van der Waals surface area (Å²) in [5.74, 6) is 0. The van der Waals surface area contributed by atoms with Gasteiger partial charge in [-0.05, 0) is 25.1 Å². The Balaban J connectivity index is 2.39. The molecule has 0 radical (unpaired) electrons. The van der Waals surface area contributed by atoms with Gasteiger partial charge in [0, 0.05) is 11.4 Å². The predicted molar refractivity (Wildman–Crippen MR) is 70.6 cm³/mol. The zero-order chi connectivity index (χ0) is 11.1. The Labute approximate surface area is 102 Å². The zero-order valence-corrected chi connectivity index (χ0v) is 11.2. The number of nitrogens with zero attached hydrogens (tertiary/aromatic N) is 1. The highest BCUT2D eigenvalue weighted by molar-refractivity contribution is 9.09. The number of alkyl halides is 1. The molecule has 1 nitrogen and oxygen atoms in total. The van der Waals surface area contributed by atoms with E-state index in [0.717, 1.165) is 26.1 Å². The van der Waals surface area contributed by atoms with Crippen molar-refractivity contribution in [3.8, 4) is 0 Å². The molecule has 0 aliphatic rings. The first-order chi connectivity index (χ1) is 7.26. The maximum absolute atomic E-state index is 3.76. The topological polar surface area (TPSA) is 3.24 Å². The first-order valence-electron chi connectivity index (χ1n) is 5.66. The van der Waals surface area contributed by atoms with E-state index in [2.05, 4.69) is 65.0 Å². The van der Waals surface area contributed by atoms with Gasteiger partial charge in [-0.15, -0.1) is 0 Å². The van der Waals surface area contributed by atoms with Crippen LogP contribution in [0, 0.1) is 0 Å². The van der Waals surface area contributed by atoms with Crippen molar-refractivity contribution in [3.63, 3.8) is 0 Å². The van der Waals surface area contributed by atoms with Crippen LogP contribution in [-0.2, 0) is 6.42 Å². The van der Waals surface area contributed by atoms with E-state index in [9.17, 15) is 0 Å². The summed E-state index contributed by atoms with van der Waals surface area (Å²) in [6, 6.07) is 10.7. The molecular formula is C13H20BrN. The summed E-state index contributed by atoms with van der Waals surface area (Å²) < 4.78 is 0. The largest absolute Gasteiger partial charge is 0.303 e. The molecule has 0 aromatic heterocycles. The van der Waals surface area contributed by atoms with Crippen LogP contribution in [0.25, 0.3) is 0 Å². The Kier molecular flexibility index (Phi) is 5.96. The second kappa shape index (κ2) is 7.02. The van der Waals surface area contributed by atoms with Crippen molar-refractivity contribution in [1.29, 1.82) is 0 Å². The Hall–Kier alpha value is -0.340. The minimum absolute atomic E-state index is 0.555. The van der Waals surface area contributed by atoms with Crippen LogP contribution in [0.15, 0.2) is 30.3 Å². The van der Waals surface area contributed by atoms with E-state index in [1.54, 1.807) is 0 Å². The molecule has 1 aromatic carbocycles. The molecule has 2 heteroatoms. The molecule has 0 spiro atoms. The van der Waals surface area contributed by atoms with Gasteiger partial charge >= 0.3 is 0 Å². The molecule has 1 aromatic rings. The van der Waals surface area contributed by atoms with Crippen LogP contribution < -0.4 is 0 Å². The minimum Gasteiger partial charge on any atom is -0.303 e. The van der Waals surface area contributed by atoms with Crippen LogP contribution in [0.5, 0.6) is 0 Å². The third kappa shape index (κ3) is 4.80. The van der Waals surface area contributed by atoms with Crippen molar-refractivity contribution < 1.29 is 0 Å². The molecule has 0 aliphatic carbocycles. The number of hydrogen-bond acceptors (Lipinski definition) is 1. The van der Waals surface area contributed by atoms with Gasteiger partial charge in [-0.25, -0.2) is 0 Å². The normalized spacial score (nSPS) is 13.1. The lowest BCUT2D eigenvalue weighted by atomic mass is 10.1. The highest BCUT2D eigenvalue weighted by Gasteiger charge is 2.09. The van der Waals surface area contributed by atoms with Gasteiger partial charge in [0.1, 0.15) is 0 Å². The number of rotatable bonds is 6. The van der Waals surface area contributed by atoms with Crippen LogP contribution in [0.2, 0.25) is 0 Å². The van der Waals surface area contributed by atoms with Gasteiger partial charge < -0.3 is 4.90 Å². The summed E-state index contributed by atoms with van der Waals surface area (Å²) >= 11 is 3.76. The van der Waals surface area contributed by atoms with E-state index >= 15 is 0 Å². The second-order valence-corrected chi connectivity index (χ2v) is 5.07. The van der Waals surface area contributed by atoms with Gasteiger partial charge in [-0.3, -0.25) is 0 Å². The molecule has 0 bridgehead atoms. The van der Waals surface area contributed by atoms with Crippen molar-refractivity contribution in [3.05, 3.63) is 35.9 Å². The molecule has 0 aliphatic heterocycles. The average Bonchev–Trinajstić information content (AvgIpc) is 2.27. The van der Waals surface area contributed by atoms with Crippen molar-refractivity contribution in [2.45, 2.75) is 25.1 Å². The molecule has 0 N–H and O–H groups in total. The summed E-state index contributed by atoms with van der Waals surface area (Å²) in [6.45, 7) is 7.82. The summed E-state index contributed by atoms with van der Waals surface area (Å²) in [5.41, 5.74) is 1.41. The summed E-state index contributed by atoms with van der Waals surface area (Å²) in [6.07, 6.45) is 1.11. The highest BCUT2D eigenvalue weighted by atomic mass is 79.9. The molecular weight excluding hydrogens is 250 g/mol. The molecule has 0 saturated carbocycles. The molecule has 0 saturated heterocycles. The molecule has 0 amide bonds. The molecule has 15 heavy (non-hydrogen) atoms. The third-order valence-electron chi connectivity index (χ3n) is 2.65. The van der Waals surface area contributed by atoms with Crippen molar-refractivity contribution in [2.75, 3.05) is 19.6 Å². The predicted octanol–water partition coefficient (Wildman–Crippen LogP) is 3.33. The van der Waals surface area contributed by atoms with E-state index in [4.69, 9.17) is 0 Å². The van der Waals surface area contributed by atoms with Gasteiger partial charge in [0.25, 0.3) is 0 Å². The molecule has 1 atom stereocenters. The Morgan fingerprint density at radius 1 is 1.13 bits per heavy atom.